The van der Waals surface area contributed by atoms with E-state index < -0.39 is 24.3 Å². The molecule has 1 amide bonds. The molecular weight excluding hydrogens is 694 g/mol. The highest BCUT2D eigenvalue weighted by Gasteiger charge is 2.39. The lowest BCUT2D eigenvalue weighted by Gasteiger charge is -2.23. The largest absolute Gasteiger partial charge is 0.493 e. The van der Waals surface area contributed by atoms with Gasteiger partial charge in [0.2, 0.25) is 0 Å². The van der Waals surface area contributed by atoms with Crippen LogP contribution in [0.2, 0.25) is 5.02 Å². The van der Waals surface area contributed by atoms with Gasteiger partial charge >= 0.3 is 24.3 Å². The molecule has 1 unspecified atom stereocenters. The molecule has 0 aliphatic rings. The Hall–Kier alpha value is -5.71. The number of hydrogen-bond acceptors (Lipinski definition) is 10. The monoisotopic (exact) mass is 718 g/mol. The average Bonchev–Trinajstić information content (AvgIpc) is 3.51. The molecule has 3 aromatic heterocycles. The first-order chi connectivity index (χ1) is 22.7. The zero-order valence-corrected chi connectivity index (χ0v) is 26.4. The highest BCUT2D eigenvalue weighted by molar-refractivity contribution is 6.32. The lowest BCUT2D eigenvalue weighted by atomic mass is 9.94. The van der Waals surface area contributed by atoms with Gasteiger partial charge in [-0.25, -0.2) is 24.5 Å². The molecule has 0 saturated heterocycles. The topological polar surface area (TPSA) is 207 Å². The molecular formula is C28H25ClF6N8O6. The molecule has 21 heteroatoms. The van der Waals surface area contributed by atoms with Crippen LogP contribution in [0.4, 0.5) is 32.2 Å². The van der Waals surface area contributed by atoms with Crippen LogP contribution in [0.3, 0.4) is 0 Å². The minimum Gasteiger partial charge on any atom is -0.493 e. The number of rotatable bonds is 7. The Labute approximate surface area is 277 Å². The number of hydrogen-bond donors (Lipinski definition) is 4. The van der Waals surface area contributed by atoms with Gasteiger partial charge in [-0.3, -0.25) is 9.78 Å². The molecule has 0 spiro atoms. The number of carboxylic acids is 2. The summed E-state index contributed by atoms with van der Waals surface area (Å²) in [5.74, 6) is -4.67. The third kappa shape index (κ3) is 10.4. The van der Waals surface area contributed by atoms with Gasteiger partial charge in [0.05, 0.1) is 29.6 Å². The van der Waals surface area contributed by atoms with Crippen LogP contribution in [0.25, 0.3) is 22.3 Å². The number of benzene rings is 1. The first-order valence-electron chi connectivity index (χ1n) is 13.3. The molecule has 4 N–H and O–H groups in total. The summed E-state index contributed by atoms with van der Waals surface area (Å²) in [5.41, 5.74) is 3.60. The number of ether oxygens (including phenoxy) is 1. The van der Waals surface area contributed by atoms with Gasteiger partial charge in [-0.05, 0) is 26.0 Å². The third-order valence-electron chi connectivity index (χ3n) is 5.87. The number of anilines is 1. The zero-order valence-electron chi connectivity index (χ0n) is 25.6. The van der Waals surface area contributed by atoms with Gasteiger partial charge in [-0.15, -0.1) is 0 Å². The van der Waals surface area contributed by atoms with E-state index in [-0.39, 0.29) is 22.5 Å². The fourth-order valence-corrected chi connectivity index (χ4v) is 3.97. The minimum atomic E-state index is -5.08. The predicted octanol–water partition coefficient (Wildman–Crippen LogP) is 5.48. The molecule has 262 valence electrons. The van der Waals surface area contributed by atoms with Crippen molar-refractivity contribution >= 4 is 46.4 Å². The van der Waals surface area contributed by atoms with E-state index in [1.807, 2.05) is 13.8 Å². The van der Waals surface area contributed by atoms with E-state index in [1.54, 1.807) is 44.8 Å². The number of fused-ring (bicyclic) bond motifs is 1. The van der Waals surface area contributed by atoms with Crippen LogP contribution in [-0.4, -0.2) is 90.9 Å². The van der Waals surface area contributed by atoms with Crippen molar-refractivity contribution in [2.75, 3.05) is 26.0 Å². The van der Waals surface area contributed by atoms with Crippen LogP contribution < -0.4 is 10.1 Å². The molecule has 1 aromatic carbocycles. The number of H-pyrrole nitrogens is 1. The van der Waals surface area contributed by atoms with E-state index >= 15 is 0 Å². The van der Waals surface area contributed by atoms with Crippen molar-refractivity contribution < 1.29 is 55.7 Å². The molecule has 4 aromatic rings. The smallest absolute Gasteiger partial charge is 0.490 e. The molecule has 0 bridgehead atoms. The quantitative estimate of drug-likeness (QED) is 0.175. The molecule has 0 fully saturated rings. The maximum Gasteiger partial charge on any atom is 0.490 e. The Bertz CT molecular complexity index is 1820. The van der Waals surface area contributed by atoms with E-state index in [2.05, 4.69) is 36.3 Å². The molecule has 0 saturated carbocycles. The van der Waals surface area contributed by atoms with Crippen molar-refractivity contribution in [3.63, 3.8) is 0 Å². The summed E-state index contributed by atoms with van der Waals surface area (Å²) in [6.45, 7) is 4.16. The minimum absolute atomic E-state index is 0.221. The number of carbonyl (C=O) groups is 3. The fraction of sp³-hybridized carbons (Fsp3) is 0.286. The highest BCUT2D eigenvalue weighted by Crippen LogP contribution is 2.43. The van der Waals surface area contributed by atoms with E-state index in [9.17, 15) is 36.4 Å². The van der Waals surface area contributed by atoms with Crippen molar-refractivity contribution in [1.29, 1.82) is 5.26 Å². The van der Waals surface area contributed by atoms with Gasteiger partial charge < -0.3 is 30.2 Å². The molecule has 0 radical (unpaired) electrons. The molecule has 4 rings (SSSR count). The summed E-state index contributed by atoms with van der Waals surface area (Å²) in [6.07, 6.45) is -5.64. The summed E-state index contributed by atoms with van der Waals surface area (Å²) < 4.78 is 69.5. The lowest BCUT2D eigenvalue weighted by molar-refractivity contribution is -0.193. The van der Waals surface area contributed by atoms with Crippen molar-refractivity contribution in [3.05, 3.63) is 58.9 Å². The van der Waals surface area contributed by atoms with Crippen molar-refractivity contribution in [2.24, 2.45) is 0 Å². The molecule has 49 heavy (non-hydrogen) atoms. The average molecular weight is 719 g/mol. The molecule has 1 atom stereocenters. The van der Waals surface area contributed by atoms with Gasteiger partial charge in [0.25, 0.3) is 5.91 Å². The number of amides is 1. The summed E-state index contributed by atoms with van der Waals surface area (Å²) in [6, 6.07) is 6.94. The van der Waals surface area contributed by atoms with Crippen molar-refractivity contribution in [1.82, 2.24) is 29.8 Å². The Morgan fingerprint density at radius 1 is 1.06 bits per heavy atom. The van der Waals surface area contributed by atoms with Crippen LogP contribution in [0.5, 0.6) is 5.75 Å². The molecule has 0 aliphatic carbocycles. The van der Waals surface area contributed by atoms with Gasteiger partial charge in [0, 0.05) is 37.0 Å². The van der Waals surface area contributed by atoms with E-state index in [0.29, 0.717) is 46.2 Å². The number of imidazole rings is 1. The fourth-order valence-electron chi connectivity index (χ4n) is 3.71. The summed E-state index contributed by atoms with van der Waals surface area (Å²) in [4.78, 5) is 51.5. The normalized spacial score (nSPS) is 11.6. The molecule has 3 heterocycles. The first kappa shape index (κ1) is 39.5. The number of aliphatic carboxylic acids is 2. The summed E-state index contributed by atoms with van der Waals surface area (Å²) in [5, 5.41) is 27.8. The lowest BCUT2D eigenvalue weighted by Crippen LogP contribution is -2.22. The maximum atomic E-state index is 12.3. The second-order valence-corrected chi connectivity index (χ2v) is 9.91. The second-order valence-electron chi connectivity index (χ2n) is 9.50. The molecule has 0 aliphatic heterocycles. The second kappa shape index (κ2) is 16.4. The first-order valence-corrected chi connectivity index (χ1v) is 13.7. The van der Waals surface area contributed by atoms with Crippen LogP contribution in [0, 0.1) is 11.3 Å². The number of aromatic nitrogens is 5. The third-order valence-corrected chi connectivity index (χ3v) is 6.16. The highest BCUT2D eigenvalue weighted by atomic mass is 35.5. The standard InChI is InChI=1S/C24H23ClN8O2.2C2HF3O2/c1-5-35-21-15(13(2)32-23-20-22(29-11-28-20)30-12-31-23)8-17(25)16(9-26)19(21)14-6-7-18(27-10-14)24(34)33(3)4;2*3-2(4,5)1(6)7/h6-8,10-13H,5H2,1-4H3,(H2,28,29,30,31,32);2*(H,6,7). The SMILES string of the molecule is CCOc1c(C(C)Nc2ncnc3nc[nH]c23)cc(Cl)c(C#N)c1-c1ccc(C(=O)N(C)C)nc1.O=C(O)C(F)(F)F.O=C(O)C(F)(F)F. The number of carboxylic acid groups (broad SMARTS) is 2. The summed E-state index contributed by atoms with van der Waals surface area (Å²) >= 11 is 6.58. The number of aromatic amines is 1. The van der Waals surface area contributed by atoms with Crippen LogP contribution >= 0.6 is 11.6 Å². The Kier molecular flexibility index (Phi) is 13.2. The zero-order chi connectivity index (χ0) is 37.3. The van der Waals surface area contributed by atoms with Crippen molar-refractivity contribution in [3.8, 4) is 22.9 Å². The number of nitriles is 1. The Balaban J connectivity index is 0.000000500. The Morgan fingerprint density at radius 2 is 1.65 bits per heavy atom. The number of nitrogens with zero attached hydrogens (tertiary/aromatic N) is 6. The van der Waals surface area contributed by atoms with E-state index in [4.69, 9.17) is 36.1 Å². The van der Waals surface area contributed by atoms with Crippen LogP contribution in [0.1, 0.15) is 41.5 Å². The summed E-state index contributed by atoms with van der Waals surface area (Å²) in [7, 11) is 3.32. The number of alkyl halides is 6. The van der Waals surface area contributed by atoms with Gasteiger partial charge in [-0.1, -0.05) is 17.7 Å². The molecule has 14 nitrogen and oxygen atoms in total. The van der Waals surface area contributed by atoms with Crippen LogP contribution in [0.15, 0.2) is 37.1 Å². The Morgan fingerprint density at radius 3 is 2.12 bits per heavy atom. The predicted molar refractivity (Wildman–Crippen MR) is 160 cm³/mol. The number of nitrogens with one attached hydrogen (secondary N) is 2. The van der Waals surface area contributed by atoms with E-state index in [1.165, 1.54) is 11.2 Å². The van der Waals surface area contributed by atoms with Gasteiger partial charge in [-0.2, -0.15) is 31.6 Å². The number of carbonyl (C=O) groups excluding carboxylic acids is 1. The maximum absolute atomic E-state index is 12.3. The van der Waals surface area contributed by atoms with E-state index in [0.717, 1.165) is 5.56 Å². The number of halogens is 7. The van der Waals surface area contributed by atoms with Gasteiger partial charge in [0.1, 0.15) is 29.4 Å². The van der Waals surface area contributed by atoms with Gasteiger partial charge in [0.15, 0.2) is 11.5 Å². The number of pyridine rings is 1. The van der Waals surface area contributed by atoms with Crippen LogP contribution in [-0.2, 0) is 9.59 Å². The van der Waals surface area contributed by atoms with Crippen molar-refractivity contribution in [2.45, 2.75) is 32.2 Å².